The number of carbonyl (C=O) groups excluding carboxylic acids is 3. The number of aliphatic imine (C=N–C) groups is 1. The zero-order chi connectivity index (χ0) is 60.9. The zero-order valence-electron chi connectivity index (χ0n) is 49.9. The molecule has 4 aromatic carbocycles. The molecule has 2 aliphatic carbocycles. The predicted molar refractivity (Wildman–Crippen MR) is 332 cm³/mol. The van der Waals surface area contributed by atoms with E-state index in [-0.39, 0.29) is 73.7 Å². The van der Waals surface area contributed by atoms with Crippen LogP contribution >= 0.6 is 23.2 Å². The molecule has 0 unspecified atom stereocenters. The minimum Gasteiger partial charge on any atom is -0.493 e. The minimum absolute atomic E-state index is 0.0222. The van der Waals surface area contributed by atoms with Crippen molar-refractivity contribution in [2.45, 2.75) is 108 Å². The third kappa shape index (κ3) is 11.1. The molecule has 4 amide bonds. The van der Waals surface area contributed by atoms with Gasteiger partial charge in [0, 0.05) is 91.2 Å². The van der Waals surface area contributed by atoms with Crippen LogP contribution in [0.25, 0.3) is 11.1 Å². The third-order valence-corrected chi connectivity index (χ3v) is 18.6. The average molecular weight is 1220 g/mol. The first-order valence-corrected chi connectivity index (χ1v) is 31.0. The Hall–Kier alpha value is -7.60. The number of amidine groups is 1. The smallest absolute Gasteiger partial charge is 0.326 e. The van der Waals surface area contributed by atoms with E-state index in [1.807, 2.05) is 71.3 Å². The van der Waals surface area contributed by atoms with Crippen LogP contribution in [0.4, 0.5) is 20.7 Å². The molecule has 87 heavy (non-hydrogen) atoms. The standard InChI is InChI=1S/C66H73Cl2FN12O6/c1-6-87-57-35-43(64(2,3)4)11-18-49(57)61-74-66(42-9-12-44(67)13-10-42)52-36-45(68)14-20-51(52)65(66,5)81(61)63(84)77-27-25-76(26-28-77)29-31-86-33-32-85-30-21-58(82)72-22-24-80-56(38-70)59-41-34-55(60(71)73-39-41)78-23-7-8-54(78)50-37-46(69)15-19-48(50)62(83)79(47-16-17-47)40-53(59)75-80/h9-15,18-20,34-37,39,47,54H,6-8,16-17,21-33,40H2,1-5H3,(H2,71,73)(H,72,82)/t54-,65-,66-/m1/s1. The molecular formula is C66H73Cl2FN12O6. The maximum Gasteiger partial charge on any atom is 0.326 e. The van der Waals surface area contributed by atoms with Crippen LogP contribution in [-0.4, -0.2) is 143 Å². The molecule has 454 valence electrons. The van der Waals surface area contributed by atoms with E-state index in [4.69, 9.17) is 53.2 Å². The minimum atomic E-state index is -0.983. The van der Waals surface area contributed by atoms with E-state index in [2.05, 4.69) is 66.0 Å². The van der Waals surface area contributed by atoms with Gasteiger partial charge in [-0.2, -0.15) is 10.4 Å². The molecular weight excluding hydrogens is 1150 g/mol. The van der Waals surface area contributed by atoms with Crippen molar-refractivity contribution in [1.29, 1.82) is 5.26 Å². The summed E-state index contributed by atoms with van der Waals surface area (Å²) in [4.78, 5) is 63.3. The number of piperazine rings is 1. The number of anilines is 2. The molecule has 0 spiro atoms. The SMILES string of the molecule is CCOc1cc(C(C)(C)C)ccc1C1=N[C@]2(c3ccc(Cl)cc3)c3cc(Cl)ccc3[C@@]2(C)N1C(=O)N1CCN(CCOCCOCCC(=O)NCCn2nc3c(c2C#N)-c2cnc(N)c(c2)N2CCC[C@@H]2c2cc(F)ccc2C(=O)N(C2CC2)C3)CC1. The average Bonchev–Trinajstić information content (AvgIpc) is 1.56. The molecule has 1 saturated carbocycles. The number of rotatable bonds is 17. The lowest BCUT2D eigenvalue weighted by molar-refractivity contribution is -0.122. The highest BCUT2D eigenvalue weighted by atomic mass is 35.5. The van der Waals surface area contributed by atoms with Crippen molar-refractivity contribution in [1.82, 2.24) is 39.7 Å². The number of nitrogens with zero attached hydrogens (tertiary/aromatic N) is 10. The fraction of sp³-hybridized carbons (Fsp3) is 0.439. The molecule has 2 saturated heterocycles. The van der Waals surface area contributed by atoms with Gasteiger partial charge < -0.3 is 40.0 Å². The Labute approximate surface area is 516 Å². The van der Waals surface area contributed by atoms with Gasteiger partial charge >= 0.3 is 6.03 Å². The normalized spacial score (nSPS) is 20.7. The van der Waals surface area contributed by atoms with Crippen molar-refractivity contribution in [3.05, 3.63) is 157 Å². The van der Waals surface area contributed by atoms with Gasteiger partial charge in [0.05, 0.1) is 69.1 Å². The van der Waals surface area contributed by atoms with Crippen LogP contribution in [0.2, 0.25) is 10.0 Å². The third-order valence-electron chi connectivity index (χ3n) is 18.1. The Bertz CT molecular complexity index is 3720. The number of nitriles is 1. The van der Waals surface area contributed by atoms with Gasteiger partial charge in [0.2, 0.25) is 5.91 Å². The van der Waals surface area contributed by atoms with Crippen LogP contribution < -0.4 is 20.7 Å². The molecule has 4 aliphatic heterocycles. The second-order valence-electron chi connectivity index (χ2n) is 24.5. The highest BCUT2D eigenvalue weighted by Crippen LogP contribution is 2.66. The van der Waals surface area contributed by atoms with Gasteiger partial charge in [-0.05, 0) is 133 Å². The molecule has 6 aromatic rings. The molecule has 2 aromatic heterocycles. The molecule has 3 atom stereocenters. The van der Waals surface area contributed by atoms with Crippen LogP contribution in [0.3, 0.4) is 0 Å². The first kappa shape index (κ1) is 59.7. The number of nitrogens with one attached hydrogen (secondary N) is 1. The number of urea groups is 1. The quantitative estimate of drug-likeness (QED) is 0.0820. The summed E-state index contributed by atoms with van der Waals surface area (Å²) in [5.41, 5.74) is 12.8. The van der Waals surface area contributed by atoms with Crippen LogP contribution in [0.15, 0.2) is 96.1 Å². The number of hydrogen-bond acceptors (Lipinski definition) is 13. The number of halogens is 3. The van der Waals surface area contributed by atoms with Crippen molar-refractivity contribution in [2.75, 3.05) is 89.5 Å². The highest BCUT2D eigenvalue weighted by Gasteiger charge is 2.71. The Balaban J connectivity index is 0.637. The Morgan fingerprint density at radius 3 is 2.34 bits per heavy atom. The van der Waals surface area contributed by atoms with E-state index in [9.17, 15) is 19.2 Å². The number of ether oxygens (including phenoxy) is 3. The summed E-state index contributed by atoms with van der Waals surface area (Å²) in [7, 11) is 0. The fourth-order valence-electron chi connectivity index (χ4n) is 13.5. The van der Waals surface area contributed by atoms with E-state index < -0.39 is 16.9 Å². The molecule has 0 radical (unpaired) electrons. The number of carbonyl (C=O) groups is 3. The van der Waals surface area contributed by atoms with E-state index >= 15 is 4.79 Å². The Morgan fingerprint density at radius 2 is 1.61 bits per heavy atom. The molecule has 3 fully saturated rings. The van der Waals surface area contributed by atoms with Crippen LogP contribution in [-0.2, 0) is 43.9 Å². The van der Waals surface area contributed by atoms with Gasteiger partial charge in [0.25, 0.3) is 5.91 Å². The molecule has 2 bridgehead atoms. The Morgan fingerprint density at radius 1 is 0.862 bits per heavy atom. The van der Waals surface area contributed by atoms with Gasteiger partial charge in [0.1, 0.15) is 46.1 Å². The van der Waals surface area contributed by atoms with Gasteiger partial charge in [-0.25, -0.2) is 19.2 Å². The van der Waals surface area contributed by atoms with Gasteiger partial charge in [-0.15, -0.1) is 0 Å². The van der Waals surface area contributed by atoms with Crippen LogP contribution in [0.1, 0.15) is 128 Å². The monoisotopic (exact) mass is 1220 g/mol. The second kappa shape index (κ2) is 24.2. The summed E-state index contributed by atoms with van der Waals surface area (Å²) in [6, 6.07) is 28.0. The number of nitrogens with two attached hydrogens (primary N) is 1. The second-order valence-corrected chi connectivity index (χ2v) is 25.3. The van der Waals surface area contributed by atoms with Gasteiger partial charge in [-0.1, -0.05) is 68.2 Å². The van der Waals surface area contributed by atoms with Crippen molar-refractivity contribution < 1.29 is 33.0 Å². The summed E-state index contributed by atoms with van der Waals surface area (Å²) < 4.78 is 34.7. The number of benzene rings is 4. The van der Waals surface area contributed by atoms with E-state index in [0.717, 1.165) is 47.1 Å². The van der Waals surface area contributed by atoms with Gasteiger partial charge in [-0.3, -0.25) is 24.1 Å². The number of fused-ring (bicyclic) bond motifs is 12. The van der Waals surface area contributed by atoms with E-state index in [1.165, 1.54) is 12.1 Å². The molecule has 21 heteroatoms. The molecule has 12 rings (SSSR count). The lowest BCUT2D eigenvalue weighted by atomic mass is 9.54. The molecule has 3 N–H and O–H groups in total. The topological polar surface area (TPSA) is 200 Å². The lowest BCUT2D eigenvalue weighted by Crippen LogP contribution is -2.66. The molecule has 6 heterocycles. The number of nitrogen functional groups attached to an aromatic ring is 1. The van der Waals surface area contributed by atoms with Crippen LogP contribution in [0.5, 0.6) is 5.75 Å². The van der Waals surface area contributed by atoms with Crippen molar-refractivity contribution in [3.8, 4) is 22.9 Å². The van der Waals surface area contributed by atoms with Gasteiger partial charge in [0.15, 0.2) is 0 Å². The summed E-state index contributed by atoms with van der Waals surface area (Å²) in [5.74, 6) is 0.645. The molecule has 18 nitrogen and oxygen atoms in total. The maximum absolute atomic E-state index is 15.4. The maximum atomic E-state index is 15.4. The summed E-state index contributed by atoms with van der Waals surface area (Å²) >= 11 is 13.2. The van der Waals surface area contributed by atoms with E-state index in [1.54, 1.807) is 21.8 Å². The first-order valence-electron chi connectivity index (χ1n) is 30.2. The number of amides is 4. The predicted octanol–water partition coefficient (Wildman–Crippen LogP) is 10.2. The first-order chi connectivity index (χ1) is 41.9. The highest BCUT2D eigenvalue weighted by molar-refractivity contribution is 6.31. The van der Waals surface area contributed by atoms with Crippen molar-refractivity contribution >= 4 is 58.4 Å². The van der Waals surface area contributed by atoms with Crippen molar-refractivity contribution in [3.63, 3.8) is 0 Å². The summed E-state index contributed by atoms with van der Waals surface area (Å²) in [6.45, 7) is 16.4. The van der Waals surface area contributed by atoms with Crippen molar-refractivity contribution in [2.24, 2.45) is 4.99 Å². The zero-order valence-corrected chi connectivity index (χ0v) is 51.4. The number of pyridine rings is 1. The number of hydrogen-bond donors (Lipinski definition) is 2. The van der Waals surface area contributed by atoms with Crippen LogP contribution in [0, 0.1) is 17.1 Å². The largest absolute Gasteiger partial charge is 0.493 e. The lowest BCUT2D eigenvalue weighted by Gasteiger charge is -2.56. The van der Waals surface area contributed by atoms with E-state index in [0.29, 0.717) is 133 Å². The molecule has 6 aliphatic rings. The Kier molecular flexibility index (Phi) is 16.6. The summed E-state index contributed by atoms with van der Waals surface area (Å²) in [5, 5.41) is 19.7. The summed E-state index contributed by atoms with van der Waals surface area (Å²) in [6.07, 6.45) is 4.91. The fourth-order valence-corrected chi connectivity index (χ4v) is 13.8. The number of aromatic nitrogens is 3.